The number of hydrogen-bond donors (Lipinski definition) is 1. The Hall–Kier alpha value is -0.260. The maximum Gasteiger partial charge on any atom is 0.141 e. The van der Waals surface area contributed by atoms with E-state index in [0.717, 1.165) is 50.4 Å². The molecule has 0 spiro atoms. The van der Waals surface area contributed by atoms with Crippen LogP contribution in [0.1, 0.15) is 37.8 Å². The third-order valence-electron chi connectivity index (χ3n) is 4.16. The second-order valence-electron chi connectivity index (χ2n) is 5.75. The van der Waals surface area contributed by atoms with Crippen LogP contribution < -0.4 is 10.1 Å². The Kier molecular flexibility index (Phi) is 14.2. The van der Waals surface area contributed by atoms with E-state index in [1.807, 2.05) is 12.3 Å². The van der Waals surface area contributed by atoms with Crippen molar-refractivity contribution in [3.63, 3.8) is 0 Å². The molecule has 1 atom stereocenters. The van der Waals surface area contributed by atoms with E-state index in [-0.39, 0.29) is 37.2 Å². The Morgan fingerprint density at radius 3 is 2.48 bits per heavy atom. The maximum atomic E-state index is 6.08. The van der Waals surface area contributed by atoms with Crippen molar-refractivity contribution < 1.29 is 4.74 Å². The summed E-state index contributed by atoms with van der Waals surface area (Å²) in [6, 6.07) is 4.49. The SMILES string of the molecule is CC[C@H](COc1cccnc1C1CCNCC1)N(C)C.Cl.Cl.Cl. The zero-order valence-corrected chi connectivity index (χ0v) is 16.6. The van der Waals surface area contributed by atoms with Gasteiger partial charge in [0.1, 0.15) is 12.4 Å². The smallest absolute Gasteiger partial charge is 0.141 e. The Morgan fingerprint density at radius 2 is 1.91 bits per heavy atom. The highest BCUT2D eigenvalue weighted by molar-refractivity contribution is 5.86. The van der Waals surface area contributed by atoms with Gasteiger partial charge in [-0.1, -0.05) is 6.92 Å². The fraction of sp³-hybridized carbons (Fsp3) is 0.688. The normalized spacial score (nSPS) is 15.8. The molecule has 4 nitrogen and oxygen atoms in total. The van der Waals surface area contributed by atoms with Crippen LogP contribution in [0.15, 0.2) is 18.3 Å². The largest absolute Gasteiger partial charge is 0.490 e. The van der Waals surface area contributed by atoms with Gasteiger partial charge in [-0.3, -0.25) is 4.98 Å². The van der Waals surface area contributed by atoms with Crippen LogP contribution in [0.5, 0.6) is 5.75 Å². The van der Waals surface area contributed by atoms with Gasteiger partial charge in [-0.05, 0) is 58.6 Å². The van der Waals surface area contributed by atoms with Crippen LogP contribution in [0, 0.1) is 0 Å². The number of nitrogens with one attached hydrogen (secondary N) is 1. The summed E-state index contributed by atoms with van der Waals surface area (Å²) in [7, 11) is 4.21. The standard InChI is InChI=1S/C16H27N3O.3ClH/c1-4-14(19(2)3)12-20-15-6-5-9-18-16(15)13-7-10-17-11-8-13;;;/h5-6,9,13-14,17H,4,7-8,10-12H2,1-3H3;3*1H/t14-;;;/m1.../s1. The van der Waals surface area contributed by atoms with Crippen LogP contribution in [-0.4, -0.2) is 49.7 Å². The van der Waals surface area contributed by atoms with Crippen molar-refractivity contribution in [1.29, 1.82) is 0 Å². The number of ether oxygens (including phenoxy) is 1. The van der Waals surface area contributed by atoms with Crippen LogP contribution >= 0.6 is 37.2 Å². The van der Waals surface area contributed by atoms with Gasteiger partial charge in [-0.25, -0.2) is 0 Å². The van der Waals surface area contributed by atoms with Gasteiger partial charge in [0.25, 0.3) is 0 Å². The van der Waals surface area contributed by atoms with Gasteiger partial charge in [0.05, 0.1) is 5.69 Å². The van der Waals surface area contributed by atoms with E-state index in [0.29, 0.717) is 12.0 Å². The predicted octanol–water partition coefficient (Wildman–Crippen LogP) is 3.53. The van der Waals surface area contributed by atoms with E-state index < -0.39 is 0 Å². The molecule has 0 aromatic carbocycles. The van der Waals surface area contributed by atoms with Crippen molar-refractivity contribution in [3.05, 3.63) is 24.0 Å². The van der Waals surface area contributed by atoms with Crippen molar-refractivity contribution in [1.82, 2.24) is 15.2 Å². The van der Waals surface area contributed by atoms with E-state index in [9.17, 15) is 0 Å². The van der Waals surface area contributed by atoms with Crippen LogP contribution in [0.2, 0.25) is 0 Å². The van der Waals surface area contributed by atoms with Crippen LogP contribution in [0.3, 0.4) is 0 Å². The zero-order chi connectivity index (χ0) is 14.4. The molecule has 0 aliphatic carbocycles. The number of piperidine rings is 1. The molecule has 0 radical (unpaired) electrons. The van der Waals surface area contributed by atoms with Crippen molar-refractivity contribution in [2.24, 2.45) is 0 Å². The monoisotopic (exact) mass is 385 g/mol. The molecule has 2 heterocycles. The van der Waals surface area contributed by atoms with Gasteiger partial charge < -0.3 is 15.0 Å². The maximum absolute atomic E-state index is 6.08. The van der Waals surface area contributed by atoms with E-state index >= 15 is 0 Å². The quantitative estimate of drug-likeness (QED) is 0.811. The molecule has 0 unspecified atom stereocenters. The molecule has 1 fully saturated rings. The second kappa shape index (κ2) is 13.1. The second-order valence-corrected chi connectivity index (χ2v) is 5.75. The predicted molar refractivity (Wildman–Crippen MR) is 104 cm³/mol. The topological polar surface area (TPSA) is 37.4 Å². The van der Waals surface area contributed by atoms with E-state index in [1.165, 1.54) is 0 Å². The van der Waals surface area contributed by atoms with Crippen molar-refractivity contribution in [3.8, 4) is 5.75 Å². The highest BCUT2D eigenvalue weighted by Crippen LogP contribution is 2.30. The molecule has 1 aliphatic heterocycles. The molecule has 1 saturated heterocycles. The lowest BCUT2D eigenvalue weighted by atomic mass is 9.93. The molecule has 0 amide bonds. The summed E-state index contributed by atoms with van der Waals surface area (Å²) in [5.41, 5.74) is 1.14. The zero-order valence-electron chi connectivity index (χ0n) is 14.2. The first-order chi connectivity index (χ1) is 9.72. The average molecular weight is 387 g/mol. The minimum absolute atomic E-state index is 0. The molecule has 1 N–H and O–H groups in total. The minimum Gasteiger partial charge on any atom is -0.490 e. The fourth-order valence-corrected chi connectivity index (χ4v) is 2.74. The molecule has 0 bridgehead atoms. The Labute approximate surface area is 159 Å². The number of aromatic nitrogens is 1. The third-order valence-corrected chi connectivity index (χ3v) is 4.16. The Balaban J connectivity index is 0. The molecule has 136 valence electrons. The molecule has 1 aliphatic rings. The molecular weight excluding hydrogens is 357 g/mol. The van der Waals surface area contributed by atoms with Crippen molar-refractivity contribution >= 4 is 37.2 Å². The van der Waals surface area contributed by atoms with Gasteiger partial charge in [0, 0.05) is 18.2 Å². The summed E-state index contributed by atoms with van der Waals surface area (Å²) in [6.07, 6.45) is 5.28. The van der Waals surface area contributed by atoms with E-state index in [1.54, 1.807) is 0 Å². The lowest BCUT2D eigenvalue weighted by Gasteiger charge is -2.26. The summed E-state index contributed by atoms with van der Waals surface area (Å²) in [5, 5.41) is 3.40. The lowest BCUT2D eigenvalue weighted by molar-refractivity contribution is 0.178. The summed E-state index contributed by atoms with van der Waals surface area (Å²) in [4.78, 5) is 6.81. The number of likely N-dealkylation sites (N-methyl/N-ethyl adjacent to an activating group) is 1. The number of pyridine rings is 1. The van der Waals surface area contributed by atoms with Crippen molar-refractivity contribution in [2.45, 2.75) is 38.1 Å². The first kappa shape index (κ1) is 25.0. The number of hydrogen-bond acceptors (Lipinski definition) is 4. The Bertz CT molecular complexity index is 415. The summed E-state index contributed by atoms with van der Waals surface area (Å²) in [5.74, 6) is 1.51. The Morgan fingerprint density at radius 1 is 1.26 bits per heavy atom. The molecule has 1 aromatic heterocycles. The van der Waals surface area contributed by atoms with Gasteiger partial charge in [-0.2, -0.15) is 0 Å². The molecule has 23 heavy (non-hydrogen) atoms. The molecule has 7 heteroatoms. The summed E-state index contributed by atoms with van der Waals surface area (Å²) in [6.45, 7) is 5.09. The summed E-state index contributed by atoms with van der Waals surface area (Å²) < 4.78 is 6.08. The minimum atomic E-state index is 0. The first-order valence-corrected chi connectivity index (χ1v) is 7.67. The first-order valence-electron chi connectivity index (χ1n) is 7.67. The summed E-state index contributed by atoms with van der Waals surface area (Å²) >= 11 is 0. The number of nitrogens with zero attached hydrogens (tertiary/aromatic N) is 2. The molecule has 1 aromatic rings. The average Bonchev–Trinajstić information content (AvgIpc) is 2.49. The number of rotatable bonds is 6. The number of halogens is 3. The molecular formula is C16H30Cl3N3O. The van der Waals surface area contributed by atoms with E-state index in [2.05, 4.69) is 42.3 Å². The highest BCUT2D eigenvalue weighted by Gasteiger charge is 2.21. The van der Waals surface area contributed by atoms with Crippen LogP contribution in [0.4, 0.5) is 0 Å². The van der Waals surface area contributed by atoms with Gasteiger partial charge in [0.15, 0.2) is 0 Å². The van der Waals surface area contributed by atoms with Gasteiger partial charge >= 0.3 is 0 Å². The van der Waals surface area contributed by atoms with Crippen LogP contribution in [-0.2, 0) is 0 Å². The fourth-order valence-electron chi connectivity index (χ4n) is 2.74. The van der Waals surface area contributed by atoms with Gasteiger partial charge in [-0.15, -0.1) is 37.2 Å². The van der Waals surface area contributed by atoms with Crippen molar-refractivity contribution in [2.75, 3.05) is 33.8 Å². The lowest BCUT2D eigenvalue weighted by Crippen LogP contribution is -2.33. The molecule has 0 saturated carbocycles. The van der Waals surface area contributed by atoms with Crippen LogP contribution in [0.25, 0.3) is 0 Å². The third kappa shape index (κ3) is 7.44. The molecule has 2 rings (SSSR count). The highest BCUT2D eigenvalue weighted by atomic mass is 35.5. The van der Waals surface area contributed by atoms with Gasteiger partial charge in [0.2, 0.25) is 0 Å². The van der Waals surface area contributed by atoms with E-state index in [4.69, 9.17) is 4.74 Å².